The summed E-state index contributed by atoms with van der Waals surface area (Å²) in [4.78, 5) is 10.6. The van der Waals surface area contributed by atoms with Gasteiger partial charge in [-0.15, -0.1) is 0 Å². The molecule has 1 aromatic carbocycles. The summed E-state index contributed by atoms with van der Waals surface area (Å²) >= 11 is 0. The Morgan fingerprint density at radius 2 is 1.76 bits per heavy atom. The van der Waals surface area contributed by atoms with E-state index in [0.717, 1.165) is 25.1 Å². The molecule has 122 valence electrons. The first-order chi connectivity index (χ1) is 8.83. The molecule has 0 unspecified atom stereocenters. The van der Waals surface area contributed by atoms with E-state index < -0.39 is 12.0 Å². The normalized spacial score (nSPS) is 12.0. The van der Waals surface area contributed by atoms with Crippen molar-refractivity contribution in [2.24, 2.45) is 0 Å². The molecule has 21 heavy (non-hydrogen) atoms. The van der Waals surface area contributed by atoms with Crippen LogP contribution >= 0.6 is 0 Å². The van der Waals surface area contributed by atoms with Gasteiger partial charge in [0.15, 0.2) is 6.04 Å². The van der Waals surface area contributed by atoms with Gasteiger partial charge < -0.3 is 35.7 Å². The van der Waals surface area contributed by atoms with Crippen LogP contribution in [0, 0.1) is 5.82 Å². The van der Waals surface area contributed by atoms with E-state index in [4.69, 9.17) is 5.11 Å². The summed E-state index contributed by atoms with van der Waals surface area (Å²) in [6, 6.07) is 5.98. The van der Waals surface area contributed by atoms with Crippen molar-refractivity contribution in [2.75, 3.05) is 20.6 Å². The van der Waals surface area contributed by atoms with Crippen LogP contribution in [-0.4, -0.2) is 37.8 Å². The first kappa shape index (κ1) is 22.4. The number of quaternary nitrogens is 2. The van der Waals surface area contributed by atoms with Crippen LogP contribution in [0.3, 0.4) is 0 Å². The summed E-state index contributed by atoms with van der Waals surface area (Å²) < 4.78 is 13.5. The van der Waals surface area contributed by atoms with Crippen LogP contribution in [0.15, 0.2) is 24.3 Å². The number of unbranched alkanes of at least 4 members (excludes halogenated alkanes) is 1. The van der Waals surface area contributed by atoms with Gasteiger partial charge in [-0.25, -0.2) is 9.18 Å². The third kappa shape index (κ3) is 7.62. The lowest BCUT2D eigenvalue weighted by Crippen LogP contribution is -3.00. The monoisotopic (exact) mass is 340 g/mol. The SMILES string of the molecule is C[N+](C)(CCCC[C@H]([NH3+])C(=O)O)c1ccc(F)cc1.[Cl-].[Cl-]. The molecule has 1 atom stereocenters. The molecule has 0 amide bonds. The summed E-state index contributed by atoms with van der Waals surface area (Å²) in [5.41, 5.74) is 4.64. The fourth-order valence-corrected chi connectivity index (χ4v) is 2.00. The minimum Gasteiger partial charge on any atom is -1.00 e. The van der Waals surface area contributed by atoms with Crippen molar-refractivity contribution in [1.29, 1.82) is 0 Å². The molecule has 0 aromatic heterocycles. The van der Waals surface area contributed by atoms with E-state index >= 15 is 0 Å². The lowest BCUT2D eigenvalue weighted by Gasteiger charge is -2.29. The molecule has 0 saturated carbocycles. The van der Waals surface area contributed by atoms with E-state index in [1.807, 2.05) is 0 Å². The summed E-state index contributed by atoms with van der Waals surface area (Å²) in [7, 11) is 4.12. The van der Waals surface area contributed by atoms with Gasteiger partial charge in [-0.05, 0) is 25.0 Å². The van der Waals surface area contributed by atoms with Crippen molar-refractivity contribution >= 4 is 11.7 Å². The molecule has 0 spiro atoms. The number of halogens is 3. The van der Waals surface area contributed by atoms with E-state index in [0.29, 0.717) is 10.9 Å². The van der Waals surface area contributed by atoms with Crippen LogP contribution in [0.5, 0.6) is 0 Å². The summed E-state index contributed by atoms with van der Waals surface area (Å²) in [6.07, 6.45) is 2.35. The number of rotatable bonds is 7. The van der Waals surface area contributed by atoms with Gasteiger partial charge in [0.25, 0.3) is 0 Å². The average Bonchev–Trinajstić information content (AvgIpc) is 2.34. The van der Waals surface area contributed by atoms with Crippen molar-refractivity contribution in [1.82, 2.24) is 4.48 Å². The van der Waals surface area contributed by atoms with Crippen LogP contribution < -0.4 is 35.0 Å². The number of hydrogen-bond acceptors (Lipinski definition) is 1. The average molecular weight is 341 g/mol. The molecule has 4 N–H and O–H groups in total. The maximum atomic E-state index is 12.9. The Morgan fingerprint density at radius 3 is 2.24 bits per heavy atom. The molecular formula is C14H23Cl2FN2O2. The van der Waals surface area contributed by atoms with Gasteiger partial charge in [0, 0.05) is 18.6 Å². The molecule has 0 aliphatic carbocycles. The zero-order chi connectivity index (χ0) is 14.5. The first-order valence-corrected chi connectivity index (χ1v) is 6.48. The highest BCUT2D eigenvalue weighted by molar-refractivity contribution is 5.71. The second kappa shape index (κ2) is 9.95. The molecular weight excluding hydrogens is 318 g/mol. The molecule has 4 nitrogen and oxygen atoms in total. The van der Waals surface area contributed by atoms with Crippen molar-refractivity contribution in [3.8, 4) is 0 Å². The van der Waals surface area contributed by atoms with Crippen molar-refractivity contribution in [3.05, 3.63) is 30.1 Å². The predicted octanol–water partition coefficient (Wildman–Crippen LogP) is -4.73. The highest BCUT2D eigenvalue weighted by Gasteiger charge is 2.20. The third-order valence-corrected chi connectivity index (χ3v) is 3.39. The van der Waals surface area contributed by atoms with Gasteiger partial charge in [-0.3, -0.25) is 4.48 Å². The van der Waals surface area contributed by atoms with Crippen LogP contribution in [0.1, 0.15) is 19.3 Å². The predicted molar refractivity (Wildman–Crippen MR) is 73.1 cm³/mol. The van der Waals surface area contributed by atoms with Crippen LogP contribution in [0.25, 0.3) is 0 Å². The fourth-order valence-electron chi connectivity index (χ4n) is 2.00. The molecule has 7 heteroatoms. The summed E-state index contributed by atoms with van der Waals surface area (Å²) in [6.45, 7) is 0.887. The molecule has 0 aliphatic rings. The lowest BCUT2D eigenvalue weighted by molar-refractivity contribution is -0.409. The minimum absolute atomic E-state index is 0. The van der Waals surface area contributed by atoms with Crippen molar-refractivity contribution < 1.29 is 44.8 Å². The Morgan fingerprint density at radius 1 is 1.24 bits per heavy atom. The summed E-state index contributed by atoms with van der Waals surface area (Å²) in [5.74, 6) is -1.07. The zero-order valence-corrected chi connectivity index (χ0v) is 13.9. The quantitative estimate of drug-likeness (QED) is 0.387. The van der Waals surface area contributed by atoms with E-state index in [1.165, 1.54) is 12.1 Å². The smallest absolute Gasteiger partial charge is 0.362 e. The second-order valence-electron chi connectivity index (χ2n) is 5.42. The fraction of sp³-hybridized carbons (Fsp3) is 0.500. The van der Waals surface area contributed by atoms with Gasteiger partial charge in [0.2, 0.25) is 0 Å². The van der Waals surface area contributed by atoms with Crippen LogP contribution in [0.2, 0.25) is 0 Å². The van der Waals surface area contributed by atoms with E-state index in [9.17, 15) is 9.18 Å². The second-order valence-corrected chi connectivity index (χ2v) is 5.42. The van der Waals surface area contributed by atoms with Gasteiger partial charge in [0.05, 0.1) is 20.6 Å². The molecule has 0 saturated heterocycles. The van der Waals surface area contributed by atoms with Crippen LogP contribution in [0.4, 0.5) is 10.1 Å². The number of carboxylic acids is 1. The van der Waals surface area contributed by atoms with Gasteiger partial charge in [-0.2, -0.15) is 0 Å². The molecule has 0 radical (unpaired) electrons. The Kier molecular flexibility index (Phi) is 10.6. The van der Waals surface area contributed by atoms with E-state index in [2.05, 4.69) is 19.8 Å². The number of nitrogens with zero attached hydrogens (tertiary/aromatic N) is 1. The first-order valence-electron chi connectivity index (χ1n) is 6.48. The number of carboxylic acid groups (broad SMARTS) is 1. The van der Waals surface area contributed by atoms with Gasteiger partial charge >= 0.3 is 5.97 Å². The Bertz CT molecular complexity index is 427. The standard InChI is InChI=1S/C14H21FN2O2.2ClH/c1-17(2,12-8-6-11(15)7-9-12)10-4-3-5-13(16)14(18)19;;/h6-9,13H,3-5,10,16H2,1-2H3;2*1H/t13-;;/m0../s1. The van der Waals surface area contributed by atoms with E-state index in [-0.39, 0.29) is 30.6 Å². The molecule has 0 aliphatic heterocycles. The molecule has 0 fully saturated rings. The Hall–Kier alpha value is -0.880. The van der Waals surface area contributed by atoms with Crippen molar-refractivity contribution in [3.63, 3.8) is 0 Å². The number of hydrogen-bond donors (Lipinski definition) is 2. The number of aliphatic carboxylic acids is 1. The number of carbonyl (C=O) groups is 1. The number of benzene rings is 1. The van der Waals surface area contributed by atoms with Gasteiger partial charge in [0.1, 0.15) is 11.5 Å². The highest BCUT2D eigenvalue weighted by Crippen LogP contribution is 2.20. The maximum absolute atomic E-state index is 12.9. The summed E-state index contributed by atoms with van der Waals surface area (Å²) in [5, 5.41) is 8.74. The minimum atomic E-state index is -0.840. The van der Waals surface area contributed by atoms with Crippen molar-refractivity contribution in [2.45, 2.75) is 25.3 Å². The zero-order valence-electron chi connectivity index (χ0n) is 12.4. The highest BCUT2D eigenvalue weighted by atomic mass is 35.5. The topological polar surface area (TPSA) is 64.9 Å². The molecule has 1 aromatic rings. The van der Waals surface area contributed by atoms with Gasteiger partial charge in [-0.1, -0.05) is 0 Å². The Labute approximate surface area is 137 Å². The maximum Gasteiger partial charge on any atom is 0.362 e. The largest absolute Gasteiger partial charge is 1.00 e. The third-order valence-electron chi connectivity index (χ3n) is 3.39. The molecule has 0 heterocycles. The molecule has 0 bridgehead atoms. The molecule has 1 rings (SSSR count). The lowest BCUT2D eigenvalue weighted by atomic mass is 10.1. The van der Waals surface area contributed by atoms with E-state index in [1.54, 1.807) is 12.1 Å². The van der Waals surface area contributed by atoms with Crippen LogP contribution in [-0.2, 0) is 4.79 Å². The Balaban J connectivity index is 0.